The molecule has 1 aromatic carbocycles. The third-order valence-electron chi connectivity index (χ3n) is 2.67. The summed E-state index contributed by atoms with van der Waals surface area (Å²) in [7, 11) is 0. The molecule has 0 aliphatic rings. The van der Waals surface area contributed by atoms with Gasteiger partial charge in [-0.3, -0.25) is 4.79 Å². The average Bonchev–Trinajstić information content (AvgIpc) is 2.36. The summed E-state index contributed by atoms with van der Waals surface area (Å²) in [6, 6.07) is 6.17. The molecule has 0 aliphatic carbocycles. The number of hydrogen-bond donors (Lipinski definition) is 2. The smallest absolute Gasteiger partial charge is 0.243 e. The van der Waals surface area contributed by atoms with Crippen molar-refractivity contribution in [3.05, 3.63) is 24.3 Å². The van der Waals surface area contributed by atoms with E-state index in [-0.39, 0.29) is 11.7 Å². The summed E-state index contributed by atoms with van der Waals surface area (Å²) < 4.78 is 0. The minimum absolute atomic E-state index is 0.0999. The number of rotatable bonds is 6. The Morgan fingerprint density at radius 1 is 1.56 bits per heavy atom. The van der Waals surface area contributed by atoms with Crippen LogP contribution in [0.4, 0.5) is 5.69 Å². The molecular weight excluding hydrogens is 248 g/mol. The molecule has 100 valence electrons. The Kier molecular flexibility index (Phi) is 6.01. The number of nitrogens with zero attached hydrogens (tertiary/aromatic N) is 1. The average molecular weight is 268 g/mol. The van der Waals surface area contributed by atoms with Crippen molar-refractivity contribution < 1.29 is 9.90 Å². The molecule has 0 heterocycles. The quantitative estimate of drug-likeness (QED) is 0.826. The predicted octanol–water partition coefficient (Wildman–Crippen LogP) is 1.83. The number of phenols is 1. The molecule has 0 aromatic heterocycles. The molecule has 0 fully saturated rings. The summed E-state index contributed by atoms with van der Waals surface area (Å²) in [6.07, 6.45) is 2.65. The van der Waals surface area contributed by atoms with Crippen LogP contribution in [0.1, 0.15) is 13.3 Å². The highest BCUT2D eigenvalue weighted by atomic mass is 32.2. The third kappa shape index (κ3) is 3.92. The van der Waals surface area contributed by atoms with E-state index in [1.54, 1.807) is 40.9 Å². The fraction of sp³-hybridized carbons (Fsp3) is 0.462. The van der Waals surface area contributed by atoms with Crippen LogP contribution in [0.25, 0.3) is 0 Å². The van der Waals surface area contributed by atoms with Crippen molar-refractivity contribution in [2.24, 2.45) is 5.73 Å². The first-order valence-corrected chi connectivity index (χ1v) is 7.34. The zero-order chi connectivity index (χ0) is 13.5. The van der Waals surface area contributed by atoms with Crippen molar-refractivity contribution in [3.63, 3.8) is 0 Å². The van der Waals surface area contributed by atoms with Gasteiger partial charge in [0, 0.05) is 18.3 Å². The van der Waals surface area contributed by atoms with Gasteiger partial charge in [0.1, 0.15) is 5.75 Å². The first-order chi connectivity index (χ1) is 8.60. The molecule has 1 atom stereocenters. The summed E-state index contributed by atoms with van der Waals surface area (Å²) in [5.74, 6) is 0.915. The molecule has 1 amide bonds. The van der Waals surface area contributed by atoms with Crippen LogP contribution in [0.2, 0.25) is 0 Å². The lowest BCUT2D eigenvalue weighted by Gasteiger charge is -2.24. The number of aromatic hydroxyl groups is 1. The van der Waals surface area contributed by atoms with E-state index in [0.717, 1.165) is 5.75 Å². The van der Waals surface area contributed by atoms with E-state index in [4.69, 9.17) is 5.73 Å². The number of hydrogen-bond acceptors (Lipinski definition) is 4. The van der Waals surface area contributed by atoms with Crippen LogP contribution in [0, 0.1) is 0 Å². The van der Waals surface area contributed by atoms with Gasteiger partial charge >= 0.3 is 0 Å². The van der Waals surface area contributed by atoms with Crippen LogP contribution in [-0.2, 0) is 4.79 Å². The molecule has 4 nitrogen and oxygen atoms in total. The highest BCUT2D eigenvalue weighted by Gasteiger charge is 2.20. The molecule has 0 spiro atoms. The maximum Gasteiger partial charge on any atom is 0.243 e. The second-order valence-corrected chi connectivity index (χ2v) is 4.98. The predicted molar refractivity (Wildman–Crippen MR) is 77.1 cm³/mol. The van der Waals surface area contributed by atoms with Gasteiger partial charge in [0.2, 0.25) is 5.91 Å². The van der Waals surface area contributed by atoms with Crippen molar-refractivity contribution in [2.45, 2.75) is 19.4 Å². The fourth-order valence-corrected chi connectivity index (χ4v) is 2.18. The molecular formula is C13H20N2O2S. The van der Waals surface area contributed by atoms with E-state index < -0.39 is 6.04 Å². The summed E-state index contributed by atoms with van der Waals surface area (Å²) in [5, 5.41) is 9.45. The Balaban J connectivity index is 2.79. The van der Waals surface area contributed by atoms with Crippen LogP contribution in [0.3, 0.4) is 0 Å². The van der Waals surface area contributed by atoms with Gasteiger partial charge in [-0.1, -0.05) is 6.07 Å². The molecule has 0 aliphatic heterocycles. The van der Waals surface area contributed by atoms with Crippen molar-refractivity contribution in [1.82, 2.24) is 0 Å². The first kappa shape index (κ1) is 14.9. The Morgan fingerprint density at radius 2 is 2.28 bits per heavy atom. The fourth-order valence-electron chi connectivity index (χ4n) is 1.70. The lowest BCUT2D eigenvalue weighted by atomic mass is 10.2. The highest BCUT2D eigenvalue weighted by Crippen LogP contribution is 2.20. The molecule has 1 rings (SSSR count). The minimum atomic E-state index is -0.486. The second-order valence-electron chi connectivity index (χ2n) is 3.99. The molecule has 0 bridgehead atoms. The SMILES string of the molecule is CCN(C(=O)[C@H](N)CCSC)c1cccc(O)c1. The third-order valence-corrected chi connectivity index (χ3v) is 3.32. The van der Waals surface area contributed by atoms with Crippen LogP contribution in [0.15, 0.2) is 24.3 Å². The summed E-state index contributed by atoms with van der Waals surface area (Å²) in [4.78, 5) is 13.8. The monoisotopic (exact) mass is 268 g/mol. The number of anilines is 1. The van der Waals surface area contributed by atoms with Crippen molar-refractivity contribution in [2.75, 3.05) is 23.5 Å². The minimum Gasteiger partial charge on any atom is -0.508 e. The summed E-state index contributed by atoms with van der Waals surface area (Å²) in [5.41, 5.74) is 6.57. The molecule has 0 saturated heterocycles. The summed E-state index contributed by atoms with van der Waals surface area (Å²) in [6.45, 7) is 2.43. The molecule has 0 saturated carbocycles. The molecule has 3 N–H and O–H groups in total. The number of nitrogens with two attached hydrogens (primary N) is 1. The van der Waals surface area contributed by atoms with Gasteiger partial charge in [-0.25, -0.2) is 0 Å². The van der Waals surface area contributed by atoms with E-state index in [2.05, 4.69) is 0 Å². The number of amides is 1. The van der Waals surface area contributed by atoms with Crippen molar-refractivity contribution >= 4 is 23.4 Å². The Hall–Kier alpha value is -1.20. The van der Waals surface area contributed by atoms with Gasteiger partial charge in [-0.05, 0) is 37.5 Å². The van der Waals surface area contributed by atoms with Crippen molar-refractivity contribution in [1.29, 1.82) is 0 Å². The number of benzene rings is 1. The number of carbonyl (C=O) groups is 1. The standard InChI is InChI=1S/C13H20N2O2S/c1-3-15(10-5-4-6-11(16)9-10)13(17)12(14)7-8-18-2/h4-6,9,12,16H,3,7-8,14H2,1-2H3/t12-/m1/s1. The van der Waals surface area contributed by atoms with Crippen LogP contribution < -0.4 is 10.6 Å². The maximum absolute atomic E-state index is 12.2. The zero-order valence-corrected chi connectivity index (χ0v) is 11.6. The normalized spacial score (nSPS) is 12.2. The van der Waals surface area contributed by atoms with E-state index in [1.807, 2.05) is 13.2 Å². The van der Waals surface area contributed by atoms with Crippen LogP contribution >= 0.6 is 11.8 Å². The molecule has 5 heteroatoms. The van der Waals surface area contributed by atoms with Crippen molar-refractivity contribution in [3.8, 4) is 5.75 Å². The van der Waals surface area contributed by atoms with Gasteiger partial charge in [0.25, 0.3) is 0 Å². The zero-order valence-electron chi connectivity index (χ0n) is 10.8. The number of likely N-dealkylation sites (N-methyl/N-ethyl adjacent to an activating group) is 1. The van der Waals surface area contributed by atoms with Gasteiger partial charge in [0.05, 0.1) is 6.04 Å². The topological polar surface area (TPSA) is 66.6 Å². The lowest BCUT2D eigenvalue weighted by Crippen LogP contribution is -2.44. The van der Waals surface area contributed by atoms with E-state index >= 15 is 0 Å². The van der Waals surface area contributed by atoms with E-state index in [0.29, 0.717) is 18.7 Å². The van der Waals surface area contributed by atoms with Gasteiger partial charge in [-0.2, -0.15) is 11.8 Å². The number of phenolic OH excluding ortho intramolecular Hbond substituents is 1. The van der Waals surface area contributed by atoms with Gasteiger partial charge < -0.3 is 15.7 Å². The van der Waals surface area contributed by atoms with E-state index in [9.17, 15) is 9.90 Å². The number of carbonyl (C=O) groups excluding carboxylic acids is 1. The first-order valence-electron chi connectivity index (χ1n) is 5.95. The Bertz CT molecular complexity index is 398. The Morgan fingerprint density at radius 3 is 2.83 bits per heavy atom. The highest BCUT2D eigenvalue weighted by molar-refractivity contribution is 7.98. The summed E-state index contributed by atoms with van der Waals surface area (Å²) >= 11 is 1.67. The van der Waals surface area contributed by atoms with E-state index in [1.165, 1.54) is 0 Å². The van der Waals surface area contributed by atoms with Gasteiger partial charge in [0.15, 0.2) is 0 Å². The molecule has 18 heavy (non-hydrogen) atoms. The molecule has 0 unspecified atom stereocenters. The molecule has 1 aromatic rings. The van der Waals surface area contributed by atoms with Crippen LogP contribution in [0.5, 0.6) is 5.75 Å². The van der Waals surface area contributed by atoms with Gasteiger partial charge in [-0.15, -0.1) is 0 Å². The molecule has 0 radical (unpaired) electrons. The number of thioether (sulfide) groups is 1. The largest absolute Gasteiger partial charge is 0.508 e. The maximum atomic E-state index is 12.2. The lowest BCUT2D eigenvalue weighted by molar-refractivity contribution is -0.119. The van der Waals surface area contributed by atoms with Crippen LogP contribution in [-0.4, -0.2) is 35.6 Å². The second kappa shape index (κ2) is 7.28. The Labute approximate surface area is 112 Å².